The SMILES string of the molecule is CC(C)C[C@H](CNC(=O)N(C)C(C)C(C)C)CC(=O)O. The van der Waals surface area contributed by atoms with E-state index in [1.54, 1.807) is 11.9 Å². The van der Waals surface area contributed by atoms with Crippen molar-refractivity contribution in [2.24, 2.45) is 17.8 Å². The van der Waals surface area contributed by atoms with Crippen molar-refractivity contribution in [1.29, 1.82) is 0 Å². The fourth-order valence-corrected chi connectivity index (χ4v) is 2.14. The molecule has 20 heavy (non-hydrogen) atoms. The smallest absolute Gasteiger partial charge is 0.317 e. The molecule has 0 aliphatic heterocycles. The summed E-state index contributed by atoms with van der Waals surface area (Å²) in [5.74, 6) is -0.0205. The zero-order chi connectivity index (χ0) is 15.9. The van der Waals surface area contributed by atoms with Crippen molar-refractivity contribution in [2.45, 2.75) is 53.5 Å². The van der Waals surface area contributed by atoms with Crippen LogP contribution in [0.15, 0.2) is 0 Å². The predicted molar refractivity (Wildman–Crippen MR) is 80.7 cm³/mol. The third kappa shape index (κ3) is 7.36. The Morgan fingerprint density at radius 3 is 2.10 bits per heavy atom. The molecule has 118 valence electrons. The van der Waals surface area contributed by atoms with Gasteiger partial charge in [-0.25, -0.2) is 4.79 Å². The lowest BCUT2D eigenvalue weighted by Gasteiger charge is -2.29. The van der Waals surface area contributed by atoms with Crippen molar-refractivity contribution in [2.75, 3.05) is 13.6 Å². The van der Waals surface area contributed by atoms with Crippen LogP contribution in [0.3, 0.4) is 0 Å². The van der Waals surface area contributed by atoms with Crippen molar-refractivity contribution in [3.63, 3.8) is 0 Å². The zero-order valence-corrected chi connectivity index (χ0v) is 13.6. The Morgan fingerprint density at radius 2 is 1.70 bits per heavy atom. The van der Waals surface area contributed by atoms with Gasteiger partial charge in [0, 0.05) is 26.1 Å². The van der Waals surface area contributed by atoms with Crippen LogP contribution in [0.4, 0.5) is 4.79 Å². The third-order valence-electron chi connectivity index (χ3n) is 3.71. The minimum atomic E-state index is -0.811. The van der Waals surface area contributed by atoms with Crippen LogP contribution in [0.25, 0.3) is 0 Å². The minimum absolute atomic E-state index is 0.0146. The molecule has 1 unspecified atom stereocenters. The van der Waals surface area contributed by atoms with Crippen LogP contribution in [0, 0.1) is 17.8 Å². The van der Waals surface area contributed by atoms with Gasteiger partial charge in [-0.05, 0) is 31.1 Å². The van der Waals surface area contributed by atoms with Crippen LogP contribution < -0.4 is 5.32 Å². The van der Waals surface area contributed by atoms with Gasteiger partial charge in [0.15, 0.2) is 0 Å². The van der Waals surface area contributed by atoms with Gasteiger partial charge in [0.2, 0.25) is 0 Å². The van der Waals surface area contributed by atoms with Crippen molar-refractivity contribution >= 4 is 12.0 Å². The predicted octanol–water partition coefficient (Wildman–Crippen LogP) is 2.81. The van der Waals surface area contributed by atoms with Gasteiger partial charge in [-0.2, -0.15) is 0 Å². The highest BCUT2D eigenvalue weighted by Gasteiger charge is 2.20. The van der Waals surface area contributed by atoms with E-state index in [9.17, 15) is 9.59 Å². The van der Waals surface area contributed by atoms with Crippen LogP contribution in [-0.4, -0.2) is 41.6 Å². The summed E-state index contributed by atoms with van der Waals surface area (Å²) in [6.45, 7) is 10.7. The first-order valence-electron chi connectivity index (χ1n) is 7.37. The number of hydrogen-bond donors (Lipinski definition) is 2. The number of rotatable bonds is 8. The lowest BCUT2D eigenvalue weighted by atomic mass is 9.94. The number of urea groups is 1. The van der Waals surface area contributed by atoms with Crippen LogP contribution >= 0.6 is 0 Å². The largest absolute Gasteiger partial charge is 0.481 e. The number of carbonyl (C=O) groups excluding carboxylic acids is 1. The fraction of sp³-hybridized carbons (Fsp3) is 0.867. The molecule has 2 amide bonds. The van der Waals surface area contributed by atoms with Crippen molar-refractivity contribution in [3.05, 3.63) is 0 Å². The Morgan fingerprint density at radius 1 is 1.15 bits per heavy atom. The van der Waals surface area contributed by atoms with E-state index in [1.165, 1.54) is 0 Å². The van der Waals surface area contributed by atoms with Gasteiger partial charge >= 0.3 is 12.0 Å². The van der Waals surface area contributed by atoms with Crippen molar-refractivity contribution in [1.82, 2.24) is 10.2 Å². The second kappa shape index (κ2) is 8.82. The maximum Gasteiger partial charge on any atom is 0.317 e. The van der Waals surface area contributed by atoms with Gasteiger partial charge < -0.3 is 15.3 Å². The average molecular weight is 286 g/mol. The van der Waals surface area contributed by atoms with Gasteiger partial charge in [0.1, 0.15) is 0 Å². The molecular formula is C15H30N2O3. The second-order valence-corrected chi connectivity index (χ2v) is 6.38. The number of carbonyl (C=O) groups is 2. The van der Waals surface area contributed by atoms with E-state index in [0.29, 0.717) is 18.4 Å². The molecule has 0 fully saturated rings. The van der Waals surface area contributed by atoms with Crippen LogP contribution in [0.2, 0.25) is 0 Å². The molecule has 0 rings (SSSR count). The molecule has 0 saturated heterocycles. The van der Waals surface area contributed by atoms with Crippen LogP contribution in [0.5, 0.6) is 0 Å². The number of carboxylic acid groups (broad SMARTS) is 1. The van der Waals surface area contributed by atoms with E-state index >= 15 is 0 Å². The van der Waals surface area contributed by atoms with E-state index in [0.717, 1.165) is 6.42 Å². The number of nitrogens with zero attached hydrogens (tertiary/aromatic N) is 1. The molecule has 0 bridgehead atoms. The Balaban J connectivity index is 4.38. The summed E-state index contributed by atoms with van der Waals surface area (Å²) in [5.41, 5.74) is 0. The maximum absolute atomic E-state index is 12.0. The standard InChI is InChI=1S/C15H30N2O3/c1-10(2)7-13(8-14(18)19)9-16-15(20)17(6)12(5)11(3)4/h10-13H,7-9H2,1-6H3,(H,16,20)(H,18,19)/t12?,13-/m0/s1. The van der Waals surface area contributed by atoms with Crippen molar-refractivity contribution < 1.29 is 14.7 Å². The molecule has 0 aromatic carbocycles. The fourth-order valence-electron chi connectivity index (χ4n) is 2.14. The summed E-state index contributed by atoms with van der Waals surface area (Å²) in [5, 5.41) is 11.8. The first-order chi connectivity index (χ1) is 9.15. The molecule has 5 heteroatoms. The zero-order valence-electron chi connectivity index (χ0n) is 13.6. The van der Waals surface area contributed by atoms with Gasteiger partial charge in [-0.15, -0.1) is 0 Å². The lowest BCUT2D eigenvalue weighted by Crippen LogP contribution is -2.45. The molecule has 0 radical (unpaired) electrons. The van der Waals surface area contributed by atoms with E-state index in [-0.39, 0.29) is 24.4 Å². The molecule has 0 aliphatic rings. The highest BCUT2D eigenvalue weighted by Crippen LogP contribution is 2.15. The average Bonchev–Trinajstić information content (AvgIpc) is 2.32. The van der Waals surface area contributed by atoms with Gasteiger partial charge in [0.05, 0.1) is 0 Å². The Hall–Kier alpha value is -1.26. The molecule has 0 aromatic heterocycles. The molecular weight excluding hydrogens is 256 g/mol. The number of nitrogens with one attached hydrogen (secondary N) is 1. The molecule has 0 aliphatic carbocycles. The summed E-state index contributed by atoms with van der Waals surface area (Å²) >= 11 is 0. The first kappa shape index (κ1) is 18.7. The summed E-state index contributed by atoms with van der Waals surface area (Å²) < 4.78 is 0. The molecule has 5 nitrogen and oxygen atoms in total. The molecule has 2 N–H and O–H groups in total. The molecule has 0 spiro atoms. The van der Waals surface area contributed by atoms with Crippen LogP contribution in [0.1, 0.15) is 47.5 Å². The molecule has 0 aromatic rings. The first-order valence-corrected chi connectivity index (χ1v) is 7.37. The second-order valence-electron chi connectivity index (χ2n) is 6.38. The number of carboxylic acids is 1. The monoisotopic (exact) mass is 286 g/mol. The summed E-state index contributed by atoms with van der Waals surface area (Å²) in [6.07, 6.45) is 0.901. The molecule has 0 saturated carbocycles. The minimum Gasteiger partial charge on any atom is -0.481 e. The highest BCUT2D eigenvalue weighted by molar-refractivity contribution is 5.74. The normalized spacial score (nSPS) is 14.2. The Kier molecular flexibility index (Phi) is 8.26. The Bertz CT molecular complexity index is 316. The maximum atomic E-state index is 12.0. The Labute approximate surface area is 122 Å². The van der Waals surface area contributed by atoms with Gasteiger partial charge in [-0.3, -0.25) is 4.79 Å². The molecule has 0 heterocycles. The van der Waals surface area contributed by atoms with E-state index in [4.69, 9.17) is 5.11 Å². The quantitative estimate of drug-likeness (QED) is 0.721. The lowest BCUT2D eigenvalue weighted by molar-refractivity contribution is -0.138. The summed E-state index contributed by atoms with van der Waals surface area (Å²) in [7, 11) is 1.77. The highest BCUT2D eigenvalue weighted by atomic mass is 16.4. The van der Waals surface area contributed by atoms with Crippen LogP contribution in [-0.2, 0) is 4.79 Å². The number of amides is 2. The summed E-state index contributed by atoms with van der Waals surface area (Å²) in [4.78, 5) is 24.6. The summed E-state index contributed by atoms with van der Waals surface area (Å²) in [6, 6.07) is 0.0170. The number of aliphatic carboxylic acids is 1. The van der Waals surface area contributed by atoms with E-state index in [2.05, 4.69) is 33.0 Å². The third-order valence-corrected chi connectivity index (χ3v) is 3.71. The van der Waals surface area contributed by atoms with Gasteiger partial charge in [0.25, 0.3) is 0 Å². The van der Waals surface area contributed by atoms with E-state index < -0.39 is 5.97 Å². The topological polar surface area (TPSA) is 69.6 Å². The van der Waals surface area contributed by atoms with Crippen molar-refractivity contribution in [3.8, 4) is 0 Å². The van der Waals surface area contributed by atoms with Gasteiger partial charge in [-0.1, -0.05) is 27.7 Å². The molecule has 2 atom stereocenters. The number of hydrogen-bond acceptors (Lipinski definition) is 2. The van der Waals surface area contributed by atoms with E-state index in [1.807, 2.05) is 6.92 Å².